The van der Waals surface area contributed by atoms with Crippen molar-refractivity contribution >= 4 is 35.2 Å². The Morgan fingerprint density at radius 2 is 1.42 bits per heavy atom. The minimum Gasteiger partial charge on any atom is -0.501 e. The fourth-order valence-electron chi connectivity index (χ4n) is 7.48. The van der Waals surface area contributed by atoms with Gasteiger partial charge in [-0.05, 0) is 75.5 Å². The summed E-state index contributed by atoms with van der Waals surface area (Å²) in [6.07, 6.45) is 6.12. The van der Waals surface area contributed by atoms with E-state index in [1.807, 2.05) is 36.5 Å². The molecular formula is C52H52IrN2OSi-2. The van der Waals surface area contributed by atoms with E-state index in [2.05, 4.69) is 175 Å². The van der Waals surface area contributed by atoms with Crippen molar-refractivity contribution in [3.05, 3.63) is 163 Å². The summed E-state index contributed by atoms with van der Waals surface area (Å²) in [6.45, 7) is 18.5. The first kappa shape index (κ1) is 41.7. The Morgan fingerprint density at radius 1 is 0.719 bits per heavy atom. The van der Waals surface area contributed by atoms with Gasteiger partial charge >= 0.3 is 0 Å². The van der Waals surface area contributed by atoms with Gasteiger partial charge in [-0.3, -0.25) is 0 Å². The molecule has 57 heavy (non-hydrogen) atoms. The summed E-state index contributed by atoms with van der Waals surface area (Å²) >= 11 is 0. The first-order valence-corrected chi connectivity index (χ1v) is 23.3. The van der Waals surface area contributed by atoms with Gasteiger partial charge in [-0.2, -0.15) is 0 Å². The van der Waals surface area contributed by atoms with Crippen LogP contribution < -0.4 is 5.19 Å². The Morgan fingerprint density at radius 3 is 2.07 bits per heavy atom. The van der Waals surface area contributed by atoms with E-state index < -0.39 is 8.07 Å². The largest absolute Gasteiger partial charge is 0.501 e. The molecule has 3 heterocycles. The molecule has 5 heteroatoms. The molecule has 0 amide bonds. The number of hydrogen-bond donors (Lipinski definition) is 0. The topological polar surface area (TPSA) is 38.9 Å². The van der Waals surface area contributed by atoms with Crippen LogP contribution in [0.4, 0.5) is 0 Å². The average Bonchev–Trinajstić information content (AvgIpc) is 3.57. The van der Waals surface area contributed by atoms with Crippen LogP contribution in [0.1, 0.15) is 45.7 Å². The Labute approximate surface area is 354 Å². The van der Waals surface area contributed by atoms with E-state index in [1.165, 1.54) is 27.4 Å². The van der Waals surface area contributed by atoms with Crippen LogP contribution in [0.2, 0.25) is 19.6 Å². The average molecular weight is 941 g/mol. The zero-order valence-electron chi connectivity index (χ0n) is 34.4. The van der Waals surface area contributed by atoms with Gasteiger partial charge in [-0.25, -0.2) is 0 Å². The summed E-state index contributed by atoms with van der Waals surface area (Å²) in [7, 11) is -1.34. The predicted octanol–water partition coefficient (Wildman–Crippen LogP) is 13.7. The van der Waals surface area contributed by atoms with E-state index >= 15 is 0 Å². The number of fused-ring (bicyclic) bond motifs is 3. The maximum absolute atomic E-state index is 6.56. The zero-order chi connectivity index (χ0) is 39.5. The van der Waals surface area contributed by atoms with Crippen LogP contribution in [0.5, 0.6) is 0 Å². The van der Waals surface area contributed by atoms with E-state index in [1.54, 1.807) is 0 Å². The molecule has 0 aliphatic rings. The third kappa shape index (κ3) is 9.97. The van der Waals surface area contributed by atoms with Crippen LogP contribution in [0.3, 0.4) is 0 Å². The summed E-state index contributed by atoms with van der Waals surface area (Å²) in [5.74, 6) is 0.667. The molecule has 8 aromatic rings. The number of rotatable bonds is 8. The maximum Gasteiger partial charge on any atom is 0.121 e. The van der Waals surface area contributed by atoms with Crippen LogP contribution >= 0.6 is 0 Å². The van der Waals surface area contributed by atoms with Gasteiger partial charge in [0.2, 0.25) is 0 Å². The molecule has 0 bridgehead atoms. The van der Waals surface area contributed by atoms with Gasteiger partial charge in [0.15, 0.2) is 0 Å². The molecule has 0 saturated carbocycles. The minimum absolute atomic E-state index is 0. The van der Waals surface area contributed by atoms with Gasteiger partial charge in [0.25, 0.3) is 0 Å². The number of hydrogen-bond acceptors (Lipinski definition) is 3. The van der Waals surface area contributed by atoms with Gasteiger partial charge < -0.3 is 14.4 Å². The quantitative estimate of drug-likeness (QED) is 0.113. The number of pyridine rings is 2. The predicted molar refractivity (Wildman–Crippen MR) is 240 cm³/mol. The van der Waals surface area contributed by atoms with Crippen LogP contribution in [0.25, 0.3) is 66.7 Å². The summed E-state index contributed by atoms with van der Waals surface area (Å²) in [5, 5.41) is 3.70. The first-order valence-electron chi connectivity index (χ1n) is 19.8. The zero-order valence-corrected chi connectivity index (χ0v) is 37.8. The molecule has 5 aromatic carbocycles. The molecule has 3 aromatic heterocycles. The first-order chi connectivity index (χ1) is 26.8. The molecule has 291 valence electrons. The van der Waals surface area contributed by atoms with Crippen LogP contribution in [-0.4, -0.2) is 18.0 Å². The van der Waals surface area contributed by atoms with Crippen molar-refractivity contribution in [3.63, 3.8) is 0 Å². The monoisotopic (exact) mass is 941 g/mol. The van der Waals surface area contributed by atoms with Crippen molar-refractivity contribution in [2.75, 3.05) is 0 Å². The van der Waals surface area contributed by atoms with Crippen molar-refractivity contribution in [1.29, 1.82) is 0 Å². The fraction of sp³-hybridized carbons (Fsp3) is 0.231. The van der Waals surface area contributed by atoms with Crippen molar-refractivity contribution in [2.45, 2.75) is 67.1 Å². The van der Waals surface area contributed by atoms with E-state index in [0.717, 1.165) is 68.4 Å². The molecular weight excluding hydrogens is 889 g/mol. The summed E-state index contributed by atoms with van der Waals surface area (Å²) < 4.78 is 6.56. The van der Waals surface area contributed by atoms with E-state index in [4.69, 9.17) is 9.40 Å². The van der Waals surface area contributed by atoms with Gasteiger partial charge in [0.05, 0.1) is 13.7 Å². The van der Waals surface area contributed by atoms with Crippen molar-refractivity contribution in [1.82, 2.24) is 9.97 Å². The molecule has 0 spiro atoms. The van der Waals surface area contributed by atoms with E-state index in [9.17, 15) is 0 Å². The molecule has 0 atom stereocenters. The van der Waals surface area contributed by atoms with Crippen LogP contribution in [0, 0.1) is 23.5 Å². The standard InChI is InChI=1S/C34H28NO.C18H24NSi.Ir/c1-34(2,3)22-23-18-19-35-30(20-23)28-16-15-27(25-12-8-5-9-13-25)32-29-21-26(24-10-6-4-7-11-24)14-17-31(29)36-33(28)32;1-14(2)11-16-12-17(15-9-7-6-8-10-15)19-13-18(16)20(3,4)5;/h4-15,17-21H,22H2,1-3H3;6-9,12-14H,11H2,1-5H3;/q2*-1;. The molecule has 0 saturated heterocycles. The molecule has 0 N–H and O–H groups in total. The van der Waals surface area contributed by atoms with E-state index in [-0.39, 0.29) is 25.5 Å². The maximum atomic E-state index is 6.56. The molecule has 0 unspecified atom stereocenters. The smallest absolute Gasteiger partial charge is 0.121 e. The van der Waals surface area contributed by atoms with Gasteiger partial charge in [0, 0.05) is 37.9 Å². The second-order valence-corrected chi connectivity index (χ2v) is 22.5. The Hall–Kier alpha value is -4.93. The minimum atomic E-state index is -1.34. The molecule has 0 fully saturated rings. The Kier molecular flexibility index (Phi) is 12.9. The van der Waals surface area contributed by atoms with Crippen molar-refractivity contribution in [2.24, 2.45) is 11.3 Å². The number of furan rings is 1. The summed E-state index contributed by atoms with van der Waals surface area (Å²) in [4.78, 5) is 9.42. The summed E-state index contributed by atoms with van der Waals surface area (Å²) in [6, 6.07) is 51.0. The van der Waals surface area contributed by atoms with Crippen molar-refractivity contribution in [3.8, 4) is 44.8 Å². The van der Waals surface area contributed by atoms with Crippen molar-refractivity contribution < 1.29 is 24.5 Å². The Bertz CT molecular complexity index is 2570. The van der Waals surface area contributed by atoms with Crippen LogP contribution in [0.15, 0.2) is 144 Å². The SMILES string of the molecule is CC(C)(C)Cc1ccnc(-c2[c-]cc(-c3ccccc3)c3c2oc2ccc(-c4ccccc4)cc23)c1.CC(C)Cc1cc(-c2[c-]cccc2)ncc1[Si](C)(C)C.[Ir]. The second kappa shape index (κ2) is 17.7. The third-order valence-corrected chi connectivity index (χ3v) is 12.0. The van der Waals surface area contributed by atoms with Crippen LogP contribution in [-0.2, 0) is 32.9 Å². The molecule has 8 rings (SSSR count). The second-order valence-electron chi connectivity index (χ2n) is 17.5. The molecule has 3 nitrogen and oxygen atoms in total. The molecule has 1 radical (unpaired) electrons. The number of nitrogens with zero attached hydrogens (tertiary/aromatic N) is 2. The third-order valence-electron chi connectivity index (χ3n) is 9.96. The Balaban J connectivity index is 0.000000223. The number of aromatic nitrogens is 2. The van der Waals surface area contributed by atoms with Gasteiger partial charge in [0.1, 0.15) is 5.58 Å². The van der Waals surface area contributed by atoms with Gasteiger partial charge in [-0.15, -0.1) is 48.0 Å². The summed E-state index contributed by atoms with van der Waals surface area (Å²) in [5.41, 5.74) is 13.2. The molecule has 0 aliphatic heterocycles. The van der Waals surface area contributed by atoms with E-state index in [0.29, 0.717) is 5.92 Å². The molecule has 0 aliphatic carbocycles. The van der Waals surface area contributed by atoms with Gasteiger partial charge in [-0.1, -0.05) is 161 Å². The fourth-order valence-corrected chi connectivity index (χ4v) is 9.07. The normalized spacial score (nSPS) is 11.7. The number of benzene rings is 5.